The summed E-state index contributed by atoms with van der Waals surface area (Å²) in [4.78, 5) is 18.4. The van der Waals surface area contributed by atoms with Crippen LogP contribution in [0.3, 0.4) is 0 Å². The highest BCUT2D eigenvalue weighted by Crippen LogP contribution is 2.06. The number of carboxylic acids is 1. The van der Waals surface area contributed by atoms with Crippen LogP contribution in [0.2, 0.25) is 0 Å². The second kappa shape index (κ2) is 4.70. The van der Waals surface area contributed by atoms with Crippen LogP contribution in [0, 0.1) is 6.92 Å². The number of aromatic nitrogens is 2. The van der Waals surface area contributed by atoms with Crippen LogP contribution in [-0.2, 0) is 0 Å². The number of hydrogen-bond acceptors (Lipinski definition) is 5. The van der Waals surface area contributed by atoms with E-state index >= 15 is 0 Å². The molecule has 0 aromatic carbocycles. The highest BCUT2D eigenvalue weighted by Gasteiger charge is 2.09. The van der Waals surface area contributed by atoms with Gasteiger partial charge >= 0.3 is 5.97 Å². The van der Waals surface area contributed by atoms with E-state index in [4.69, 9.17) is 10.2 Å². The molecule has 0 spiro atoms. The van der Waals surface area contributed by atoms with Crippen LogP contribution in [0.15, 0.2) is 6.20 Å². The van der Waals surface area contributed by atoms with Crippen molar-refractivity contribution in [1.29, 1.82) is 0 Å². The Hall–Kier alpha value is -1.69. The van der Waals surface area contributed by atoms with Crippen LogP contribution in [0.4, 0.5) is 5.95 Å². The number of aliphatic hydroxyl groups excluding tert-OH is 1. The first-order valence-corrected chi connectivity index (χ1v) is 4.49. The second-order valence-electron chi connectivity index (χ2n) is 3.23. The van der Waals surface area contributed by atoms with Gasteiger partial charge in [0.25, 0.3) is 0 Å². The third-order valence-corrected chi connectivity index (χ3v) is 1.77. The van der Waals surface area contributed by atoms with Crippen molar-refractivity contribution in [2.24, 2.45) is 0 Å². The van der Waals surface area contributed by atoms with Crippen molar-refractivity contribution in [2.75, 3.05) is 11.9 Å². The first-order chi connectivity index (χ1) is 7.00. The zero-order valence-electron chi connectivity index (χ0n) is 8.56. The molecule has 0 fully saturated rings. The van der Waals surface area contributed by atoms with Gasteiger partial charge in [-0.2, -0.15) is 0 Å². The van der Waals surface area contributed by atoms with Crippen molar-refractivity contribution < 1.29 is 15.0 Å². The third kappa shape index (κ3) is 3.17. The Morgan fingerprint density at radius 3 is 2.80 bits per heavy atom. The number of aryl methyl sites for hydroxylation is 1. The van der Waals surface area contributed by atoms with Gasteiger partial charge in [0.2, 0.25) is 5.95 Å². The van der Waals surface area contributed by atoms with E-state index in [1.54, 1.807) is 13.8 Å². The van der Waals surface area contributed by atoms with Crippen molar-refractivity contribution in [3.8, 4) is 0 Å². The van der Waals surface area contributed by atoms with Crippen LogP contribution in [-0.4, -0.2) is 38.8 Å². The lowest BCUT2D eigenvalue weighted by molar-refractivity contribution is 0.0695. The minimum Gasteiger partial charge on any atom is -0.478 e. The minimum absolute atomic E-state index is 0.0811. The predicted molar refractivity (Wildman–Crippen MR) is 53.9 cm³/mol. The Balaban J connectivity index is 2.78. The fourth-order valence-electron chi connectivity index (χ4n) is 1.00. The van der Waals surface area contributed by atoms with Crippen molar-refractivity contribution in [2.45, 2.75) is 20.0 Å². The van der Waals surface area contributed by atoms with Crippen LogP contribution in [0.25, 0.3) is 0 Å². The number of carboxylic acid groups (broad SMARTS) is 1. The molecule has 0 saturated carbocycles. The lowest BCUT2D eigenvalue weighted by Crippen LogP contribution is -2.17. The molecule has 0 radical (unpaired) electrons. The predicted octanol–water partition coefficient (Wildman–Crippen LogP) is 0.276. The quantitative estimate of drug-likeness (QED) is 0.662. The van der Waals surface area contributed by atoms with E-state index in [2.05, 4.69) is 15.3 Å². The van der Waals surface area contributed by atoms with E-state index in [0.717, 1.165) is 0 Å². The summed E-state index contributed by atoms with van der Waals surface area (Å²) < 4.78 is 0. The summed E-state index contributed by atoms with van der Waals surface area (Å²) in [5, 5.41) is 20.5. The first kappa shape index (κ1) is 11.4. The number of rotatable bonds is 4. The van der Waals surface area contributed by atoms with E-state index < -0.39 is 12.1 Å². The standard InChI is InChI=1S/C9H13N3O3/c1-5(13)3-10-9-11-4-7(8(14)15)6(2)12-9/h4-5,13H,3H2,1-2H3,(H,14,15)(H,10,11,12). The van der Waals surface area contributed by atoms with Gasteiger partial charge in [-0.3, -0.25) is 0 Å². The molecule has 1 atom stereocenters. The summed E-state index contributed by atoms with van der Waals surface area (Å²) in [6.07, 6.45) is 0.739. The topological polar surface area (TPSA) is 95.3 Å². The average molecular weight is 211 g/mol. The number of hydrogen-bond donors (Lipinski definition) is 3. The Morgan fingerprint density at radius 1 is 1.67 bits per heavy atom. The smallest absolute Gasteiger partial charge is 0.339 e. The molecule has 0 saturated heterocycles. The first-order valence-electron chi connectivity index (χ1n) is 4.49. The molecule has 15 heavy (non-hydrogen) atoms. The summed E-state index contributed by atoms with van der Waals surface area (Å²) in [7, 11) is 0. The number of carbonyl (C=O) groups is 1. The van der Waals surface area contributed by atoms with Gasteiger partial charge in [0.05, 0.1) is 17.4 Å². The van der Waals surface area contributed by atoms with Crippen molar-refractivity contribution >= 4 is 11.9 Å². The molecule has 6 heteroatoms. The fraction of sp³-hybridized carbons (Fsp3) is 0.444. The van der Waals surface area contributed by atoms with E-state index in [1.165, 1.54) is 6.20 Å². The van der Waals surface area contributed by atoms with E-state index in [9.17, 15) is 4.79 Å². The van der Waals surface area contributed by atoms with Gasteiger partial charge in [0.1, 0.15) is 0 Å². The summed E-state index contributed by atoms with van der Waals surface area (Å²) in [6, 6.07) is 0. The molecule has 0 amide bonds. The van der Waals surface area contributed by atoms with Crippen molar-refractivity contribution in [3.63, 3.8) is 0 Å². The highest BCUT2D eigenvalue weighted by molar-refractivity contribution is 5.88. The molecule has 0 aliphatic carbocycles. The second-order valence-corrected chi connectivity index (χ2v) is 3.23. The summed E-state index contributed by atoms with van der Waals surface area (Å²) >= 11 is 0. The van der Waals surface area contributed by atoms with Gasteiger partial charge in [-0.1, -0.05) is 0 Å². The lowest BCUT2D eigenvalue weighted by Gasteiger charge is -2.07. The summed E-state index contributed by atoms with van der Waals surface area (Å²) in [6.45, 7) is 3.55. The van der Waals surface area contributed by atoms with Crippen molar-refractivity contribution in [3.05, 3.63) is 17.5 Å². The van der Waals surface area contributed by atoms with Crippen molar-refractivity contribution in [1.82, 2.24) is 9.97 Å². The number of anilines is 1. The molecule has 6 nitrogen and oxygen atoms in total. The SMILES string of the molecule is Cc1nc(NCC(C)O)ncc1C(=O)O. The molecule has 0 bridgehead atoms. The lowest BCUT2D eigenvalue weighted by atomic mass is 10.2. The molecule has 1 unspecified atom stereocenters. The third-order valence-electron chi connectivity index (χ3n) is 1.77. The molecule has 1 aromatic rings. The van der Waals surface area contributed by atoms with E-state index in [0.29, 0.717) is 18.2 Å². The number of aromatic carboxylic acids is 1. The fourth-order valence-corrected chi connectivity index (χ4v) is 1.00. The largest absolute Gasteiger partial charge is 0.478 e. The molecule has 3 N–H and O–H groups in total. The van der Waals surface area contributed by atoms with Gasteiger partial charge in [0, 0.05) is 12.7 Å². The van der Waals surface area contributed by atoms with Crippen LogP contribution < -0.4 is 5.32 Å². The molecule has 1 rings (SSSR count). The molecule has 82 valence electrons. The number of aliphatic hydroxyl groups is 1. The number of nitrogens with one attached hydrogen (secondary N) is 1. The van der Waals surface area contributed by atoms with Gasteiger partial charge in [0.15, 0.2) is 0 Å². The zero-order chi connectivity index (χ0) is 11.4. The van der Waals surface area contributed by atoms with Crippen LogP contribution in [0.5, 0.6) is 0 Å². The number of nitrogens with zero attached hydrogens (tertiary/aromatic N) is 2. The summed E-state index contributed by atoms with van der Waals surface area (Å²) in [5.74, 6) is -0.729. The molecule has 0 aliphatic heterocycles. The van der Waals surface area contributed by atoms with Gasteiger partial charge < -0.3 is 15.5 Å². The Kier molecular flexibility index (Phi) is 3.56. The zero-order valence-corrected chi connectivity index (χ0v) is 8.56. The maximum Gasteiger partial charge on any atom is 0.339 e. The summed E-state index contributed by atoms with van der Waals surface area (Å²) in [5.41, 5.74) is 0.475. The normalized spacial score (nSPS) is 12.2. The van der Waals surface area contributed by atoms with Crippen LogP contribution >= 0.6 is 0 Å². The minimum atomic E-state index is -1.05. The maximum absolute atomic E-state index is 10.7. The highest BCUT2D eigenvalue weighted by atomic mass is 16.4. The molecular formula is C9H13N3O3. The van der Waals surface area contributed by atoms with Crippen LogP contribution in [0.1, 0.15) is 23.0 Å². The monoisotopic (exact) mass is 211 g/mol. The Morgan fingerprint density at radius 2 is 2.33 bits per heavy atom. The molecule has 1 aromatic heterocycles. The molecule has 1 heterocycles. The molecular weight excluding hydrogens is 198 g/mol. The van der Waals surface area contributed by atoms with Gasteiger partial charge in [-0.05, 0) is 13.8 Å². The molecule has 0 aliphatic rings. The van der Waals surface area contributed by atoms with E-state index in [1.807, 2.05) is 0 Å². The van der Waals surface area contributed by atoms with E-state index in [-0.39, 0.29) is 5.56 Å². The maximum atomic E-state index is 10.7. The Bertz CT molecular complexity index is 366. The average Bonchev–Trinajstić information content (AvgIpc) is 2.14. The Labute approximate surface area is 87.0 Å². The van der Waals surface area contributed by atoms with Gasteiger partial charge in [-0.25, -0.2) is 14.8 Å². The van der Waals surface area contributed by atoms with Gasteiger partial charge in [-0.15, -0.1) is 0 Å².